The number of aryl methyl sites for hydroxylation is 1. The maximum absolute atomic E-state index is 12.0. The molecule has 0 fully saturated rings. The molecule has 1 amide bonds. The van der Waals surface area contributed by atoms with Gasteiger partial charge in [0.15, 0.2) is 6.61 Å². The monoisotopic (exact) mass is 375 g/mol. The van der Waals surface area contributed by atoms with Crippen LogP contribution in [0.3, 0.4) is 0 Å². The molecular formula is C18H21N3O4S. The lowest BCUT2D eigenvalue weighted by Crippen LogP contribution is -2.25. The first kappa shape index (κ1) is 19.6. The maximum Gasteiger partial charge on any atom is 0.280 e. The van der Waals surface area contributed by atoms with Crippen molar-refractivity contribution in [2.75, 3.05) is 6.61 Å². The summed E-state index contributed by atoms with van der Waals surface area (Å²) < 4.78 is 5.65. The van der Waals surface area contributed by atoms with E-state index in [9.17, 15) is 14.9 Å². The number of ether oxygens (including phenoxy) is 1. The number of thiophene rings is 1. The zero-order valence-electron chi connectivity index (χ0n) is 15.1. The van der Waals surface area contributed by atoms with Crippen LogP contribution in [0.2, 0.25) is 0 Å². The van der Waals surface area contributed by atoms with Crippen molar-refractivity contribution in [3.8, 4) is 5.75 Å². The van der Waals surface area contributed by atoms with Crippen LogP contribution in [0.4, 0.5) is 5.69 Å². The van der Waals surface area contributed by atoms with Crippen molar-refractivity contribution in [1.82, 2.24) is 5.43 Å². The molecule has 0 aliphatic rings. The standard InChI is InChI=1S/C18H21N3O4S/c1-11(2)15-6-5-12(3)7-16(15)25-9-18(22)20-19-13(4)17-8-14(10-26-17)21(23)24/h5-8,10-11H,9H2,1-4H3,(H,20,22)/b19-13+. The van der Waals surface area contributed by atoms with Crippen LogP contribution in [-0.2, 0) is 4.79 Å². The molecule has 1 aromatic heterocycles. The molecule has 2 rings (SSSR count). The van der Waals surface area contributed by atoms with E-state index in [1.54, 1.807) is 6.92 Å². The molecule has 0 bridgehead atoms. The number of nitrogens with one attached hydrogen (secondary N) is 1. The SMILES string of the molecule is C/C(=N\NC(=O)COc1cc(C)ccc1C(C)C)c1cc([N+](=O)[O-])cs1. The van der Waals surface area contributed by atoms with Gasteiger partial charge in [-0.15, -0.1) is 11.3 Å². The predicted octanol–water partition coefficient (Wildman–Crippen LogP) is 4.01. The quantitative estimate of drug-likeness (QED) is 0.449. The zero-order chi connectivity index (χ0) is 19.3. The Bertz CT molecular complexity index is 843. The van der Waals surface area contributed by atoms with Crippen molar-refractivity contribution >= 4 is 28.6 Å². The van der Waals surface area contributed by atoms with Gasteiger partial charge in [0.25, 0.3) is 11.6 Å². The van der Waals surface area contributed by atoms with Crippen molar-refractivity contribution in [1.29, 1.82) is 0 Å². The number of hydrazone groups is 1. The summed E-state index contributed by atoms with van der Waals surface area (Å²) in [6, 6.07) is 7.34. The molecule has 138 valence electrons. The second-order valence-electron chi connectivity index (χ2n) is 6.14. The first-order chi connectivity index (χ1) is 12.3. The van der Waals surface area contributed by atoms with E-state index in [1.807, 2.05) is 25.1 Å². The highest BCUT2D eigenvalue weighted by molar-refractivity contribution is 7.12. The van der Waals surface area contributed by atoms with Gasteiger partial charge in [0.05, 0.1) is 20.9 Å². The number of amides is 1. The van der Waals surface area contributed by atoms with E-state index in [0.717, 1.165) is 11.1 Å². The summed E-state index contributed by atoms with van der Waals surface area (Å²) in [5.74, 6) is 0.569. The number of hydrogen-bond acceptors (Lipinski definition) is 6. The molecule has 0 atom stereocenters. The highest BCUT2D eigenvalue weighted by Gasteiger charge is 2.12. The van der Waals surface area contributed by atoms with Gasteiger partial charge in [0, 0.05) is 6.07 Å². The van der Waals surface area contributed by atoms with Crippen molar-refractivity contribution in [3.05, 3.63) is 55.8 Å². The minimum atomic E-state index is -0.464. The summed E-state index contributed by atoms with van der Waals surface area (Å²) in [5.41, 5.74) is 5.01. The van der Waals surface area contributed by atoms with Gasteiger partial charge in [-0.05, 0) is 37.0 Å². The van der Waals surface area contributed by atoms with Gasteiger partial charge in [0.1, 0.15) is 5.75 Å². The van der Waals surface area contributed by atoms with Crippen LogP contribution in [0, 0.1) is 17.0 Å². The average Bonchev–Trinajstić information content (AvgIpc) is 3.08. The van der Waals surface area contributed by atoms with Gasteiger partial charge < -0.3 is 4.74 Å². The second-order valence-corrected chi connectivity index (χ2v) is 7.05. The van der Waals surface area contributed by atoms with E-state index in [1.165, 1.54) is 22.8 Å². The van der Waals surface area contributed by atoms with E-state index in [4.69, 9.17) is 4.74 Å². The first-order valence-corrected chi connectivity index (χ1v) is 8.95. The van der Waals surface area contributed by atoms with Crippen molar-refractivity contribution in [3.63, 3.8) is 0 Å². The lowest BCUT2D eigenvalue weighted by Gasteiger charge is -2.14. The van der Waals surface area contributed by atoms with E-state index >= 15 is 0 Å². The molecule has 1 N–H and O–H groups in total. The number of benzene rings is 1. The Labute approximate surface area is 155 Å². The van der Waals surface area contributed by atoms with Crippen LogP contribution in [0.1, 0.15) is 42.7 Å². The number of nitro groups is 1. The van der Waals surface area contributed by atoms with Crippen molar-refractivity contribution in [2.45, 2.75) is 33.6 Å². The van der Waals surface area contributed by atoms with Crippen LogP contribution >= 0.6 is 11.3 Å². The molecule has 0 saturated heterocycles. The van der Waals surface area contributed by atoms with Crippen molar-refractivity contribution in [2.24, 2.45) is 5.10 Å². The molecule has 0 aliphatic heterocycles. The lowest BCUT2D eigenvalue weighted by atomic mass is 10.0. The summed E-state index contributed by atoms with van der Waals surface area (Å²) in [6.45, 7) is 7.60. The zero-order valence-corrected chi connectivity index (χ0v) is 15.9. The summed E-state index contributed by atoms with van der Waals surface area (Å²) in [6.07, 6.45) is 0. The van der Waals surface area contributed by atoms with Gasteiger partial charge in [-0.2, -0.15) is 5.10 Å². The molecule has 0 spiro atoms. The molecule has 1 heterocycles. The number of carbonyl (C=O) groups is 1. The molecule has 0 saturated carbocycles. The first-order valence-electron chi connectivity index (χ1n) is 8.07. The minimum absolute atomic E-state index is 0.00914. The van der Waals surface area contributed by atoms with Gasteiger partial charge in [-0.1, -0.05) is 26.0 Å². The maximum atomic E-state index is 12.0. The third-order valence-corrected chi connectivity index (χ3v) is 4.68. The number of hydrogen-bond donors (Lipinski definition) is 1. The van der Waals surface area contributed by atoms with Crippen LogP contribution in [0.5, 0.6) is 5.75 Å². The molecule has 1 aromatic carbocycles. The van der Waals surface area contributed by atoms with Crippen LogP contribution in [-0.4, -0.2) is 23.1 Å². The topological polar surface area (TPSA) is 93.8 Å². The number of carbonyl (C=O) groups excluding carboxylic acids is 1. The summed E-state index contributed by atoms with van der Waals surface area (Å²) >= 11 is 1.20. The Morgan fingerprint density at radius 3 is 2.73 bits per heavy atom. The fourth-order valence-corrected chi connectivity index (χ4v) is 3.04. The molecule has 0 unspecified atom stereocenters. The van der Waals surface area contributed by atoms with Gasteiger partial charge >= 0.3 is 0 Å². The molecule has 0 radical (unpaired) electrons. The summed E-state index contributed by atoms with van der Waals surface area (Å²) in [5, 5.41) is 16.1. The van der Waals surface area contributed by atoms with Crippen LogP contribution < -0.4 is 10.2 Å². The van der Waals surface area contributed by atoms with Gasteiger partial charge in [-0.3, -0.25) is 14.9 Å². The molecule has 7 nitrogen and oxygen atoms in total. The summed E-state index contributed by atoms with van der Waals surface area (Å²) in [4.78, 5) is 22.9. The van der Waals surface area contributed by atoms with Crippen LogP contribution in [0.25, 0.3) is 0 Å². The fourth-order valence-electron chi connectivity index (χ4n) is 2.23. The van der Waals surface area contributed by atoms with Gasteiger partial charge in [0.2, 0.25) is 0 Å². The van der Waals surface area contributed by atoms with Crippen LogP contribution in [0.15, 0.2) is 34.7 Å². The Kier molecular flexibility index (Phi) is 6.46. The molecule has 0 aliphatic carbocycles. The number of nitrogens with zero attached hydrogens (tertiary/aromatic N) is 2. The minimum Gasteiger partial charge on any atom is -0.483 e. The number of rotatable bonds is 7. The highest BCUT2D eigenvalue weighted by atomic mass is 32.1. The van der Waals surface area contributed by atoms with Crippen molar-refractivity contribution < 1.29 is 14.5 Å². The predicted molar refractivity (Wildman–Crippen MR) is 102 cm³/mol. The molecule has 26 heavy (non-hydrogen) atoms. The normalized spacial score (nSPS) is 11.5. The highest BCUT2D eigenvalue weighted by Crippen LogP contribution is 2.27. The Hall–Kier alpha value is -2.74. The third kappa shape index (κ3) is 5.13. The average molecular weight is 375 g/mol. The van der Waals surface area contributed by atoms with E-state index in [0.29, 0.717) is 16.3 Å². The van der Waals surface area contributed by atoms with E-state index in [2.05, 4.69) is 24.4 Å². The smallest absolute Gasteiger partial charge is 0.280 e. The summed E-state index contributed by atoms with van der Waals surface area (Å²) in [7, 11) is 0. The van der Waals surface area contributed by atoms with E-state index in [-0.39, 0.29) is 18.2 Å². The Morgan fingerprint density at radius 2 is 2.12 bits per heavy atom. The van der Waals surface area contributed by atoms with Gasteiger partial charge in [-0.25, -0.2) is 5.43 Å². The third-order valence-electron chi connectivity index (χ3n) is 3.65. The van der Waals surface area contributed by atoms with E-state index < -0.39 is 10.8 Å². The Morgan fingerprint density at radius 1 is 1.38 bits per heavy atom. The second kappa shape index (κ2) is 8.57. The fraction of sp³-hybridized carbons (Fsp3) is 0.333. The Balaban J connectivity index is 1.96. The largest absolute Gasteiger partial charge is 0.483 e. The molecule has 2 aromatic rings. The molecular weight excluding hydrogens is 354 g/mol. The molecule has 8 heteroatoms. The lowest BCUT2D eigenvalue weighted by molar-refractivity contribution is -0.384.